The van der Waals surface area contributed by atoms with Crippen molar-refractivity contribution in [2.24, 2.45) is 11.3 Å². The monoisotopic (exact) mass is 260 g/mol. The van der Waals surface area contributed by atoms with E-state index in [9.17, 15) is 0 Å². The zero-order valence-electron chi connectivity index (χ0n) is 12.8. The van der Waals surface area contributed by atoms with E-state index in [1.807, 2.05) is 0 Å². The third-order valence-electron chi connectivity index (χ3n) is 5.31. The summed E-state index contributed by atoms with van der Waals surface area (Å²) < 4.78 is 0. The number of fused-ring (bicyclic) bond motifs is 1. The molecule has 0 bridgehead atoms. The lowest BCUT2D eigenvalue weighted by Crippen LogP contribution is -2.25. The van der Waals surface area contributed by atoms with Crippen LogP contribution in [0, 0.1) is 11.3 Å². The number of aromatic nitrogens is 2. The van der Waals surface area contributed by atoms with Crippen molar-refractivity contribution in [2.75, 3.05) is 0 Å². The van der Waals surface area contributed by atoms with Crippen molar-refractivity contribution in [3.05, 3.63) is 17.2 Å². The maximum absolute atomic E-state index is 4.91. The van der Waals surface area contributed by atoms with Gasteiger partial charge in [0.25, 0.3) is 0 Å². The number of rotatable bonds is 1. The second kappa shape index (κ2) is 4.96. The molecule has 1 aromatic rings. The molecule has 0 unspecified atom stereocenters. The van der Waals surface area contributed by atoms with E-state index in [1.165, 1.54) is 68.6 Å². The van der Waals surface area contributed by atoms with Gasteiger partial charge in [-0.25, -0.2) is 4.98 Å². The van der Waals surface area contributed by atoms with Gasteiger partial charge in [0.15, 0.2) is 0 Å². The van der Waals surface area contributed by atoms with Crippen LogP contribution in [0.2, 0.25) is 0 Å². The minimum absolute atomic E-state index is 0.480. The summed E-state index contributed by atoms with van der Waals surface area (Å²) in [6.07, 6.45) is 10.5. The second-order valence-electron chi connectivity index (χ2n) is 7.67. The third kappa shape index (κ3) is 2.73. The molecule has 106 valence electrons. The number of aromatic amines is 1. The summed E-state index contributed by atoms with van der Waals surface area (Å²) in [6.45, 7) is 7.18. The third-order valence-corrected chi connectivity index (χ3v) is 5.31. The van der Waals surface area contributed by atoms with Crippen LogP contribution in [0.3, 0.4) is 0 Å². The molecule has 0 radical (unpaired) electrons. The highest BCUT2D eigenvalue weighted by molar-refractivity contribution is 5.19. The van der Waals surface area contributed by atoms with Crippen molar-refractivity contribution in [1.82, 2.24) is 9.97 Å². The molecule has 1 heterocycles. The number of hydrogen-bond donors (Lipinski definition) is 1. The smallest absolute Gasteiger partial charge is 0.109 e. The van der Waals surface area contributed by atoms with Gasteiger partial charge in [-0.2, -0.15) is 0 Å². The van der Waals surface area contributed by atoms with Gasteiger partial charge in [-0.3, -0.25) is 0 Å². The van der Waals surface area contributed by atoms with Crippen LogP contribution >= 0.6 is 0 Å². The first kappa shape index (κ1) is 13.2. The zero-order valence-corrected chi connectivity index (χ0v) is 12.8. The van der Waals surface area contributed by atoms with E-state index in [-0.39, 0.29) is 0 Å². The highest BCUT2D eigenvalue weighted by Gasteiger charge is 2.31. The van der Waals surface area contributed by atoms with Crippen molar-refractivity contribution in [2.45, 2.75) is 78.1 Å². The lowest BCUT2D eigenvalue weighted by atomic mass is 9.70. The van der Waals surface area contributed by atoms with Crippen molar-refractivity contribution in [3.63, 3.8) is 0 Å². The van der Waals surface area contributed by atoms with Gasteiger partial charge in [0, 0.05) is 11.6 Å². The highest BCUT2D eigenvalue weighted by atomic mass is 14.9. The van der Waals surface area contributed by atoms with Crippen LogP contribution in [0.15, 0.2) is 0 Å². The molecule has 0 spiro atoms. The Kier molecular flexibility index (Phi) is 3.44. The molecular weight excluding hydrogens is 232 g/mol. The van der Waals surface area contributed by atoms with E-state index in [0.717, 1.165) is 5.92 Å². The van der Waals surface area contributed by atoms with E-state index in [2.05, 4.69) is 25.8 Å². The van der Waals surface area contributed by atoms with Crippen LogP contribution in [0.25, 0.3) is 0 Å². The van der Waals surface area contributed by atoms with Gasteiger partial charge in [-0.1, -0.05) is 20.8 Å². The largest absolute Gasteiger partial charge is 0.345 e. The minimum atomic E-state index is 0.480. The van der Waals surface area contributed by atoms with E-state index in [4.69, 9.17) is 4.98 Å². The van der Waals surface area contributed by atoms with E-state index < -0.39 is 0 Å². The number of nitrogens with one attached hydrogen (secondary N) is 1. The zero-order chi connectivity index (χ0) is 13.5. The molecule has 0 atom stereocenters. The Morgan fingerprint density at radius 3 is 2.32 bits per heavy atom. The predicted molar refractivity (Wildman–Crippen MR) is 79.4 cm³/mol. The van der Waals surface area contributed by atoms with Crippen LogP contribution in [-0.4, -0.2) is 9.97 Å². The summed E-state index contributed by atoms with van der Waals surface area (Å²) >= 11 is 0. The number of imidazole rings is 1. The molecule has 2 heteroatoms. The summed E-state index contributed by atoms with van der Waals surface area (Å²) in [6, 6.07) is 0. The summed E-state index contributed by atoms with van der Waals surface area (Å²) in [5.41, 5.74) is 3.30. The van der Waals surface area contributed by atoms with Gasteiger partial charge in [0.2, 0.25) is 0 Å². The molecule has 0 amide bonds. The molecular formula is C17H28N2. The van der Waals surface area contributed by atoms with Crippen molar-refractivity contribution < 1.29 is 0 Å². The number of hydrogen-bond acceptors (Lipinski definition) is 1. The van der Waals surface area contributed by atoms with Gasteiger partial charge < -0.3 is 4.98 Å². The second-order valence-corrected chi connectivity index (χ2v) is 7.67. The molecule has 2 aliphatic rings. The number of nitrogens with zero attached hydrogens (tertiary/aromatic N) is 1. The molecule has 0 aromatic carbocycles. The van der Waals surface area contributed by atoms with Crippen LogP contribution in [0.1, 0.15) is 82.4 Å². The van der Waals surface area contributed by atoms with Crippen molar-refractivity contribution in [1.29, 1.82) is 0 Å². The molecule has 2 aliphatic carbocycles. The van der Waals surface area contributed by atoms with Gasteiger partial charge >= 0.3 is 0 Å². The topological polar surface area (TPSA) is 28.7 Å². The van der Waals surface area contributed by atoms with Crippen molar-refractivity contribution in [3.8, 4) is 0 Å². The lowest BCUT2D eigenvalue weighted by molar-refractivity contribution is 0.167. The first-order chi connectivity index (χ1) is 9.04. The molecule has 19 heavy (non-hydrogen) atoms. The fourth-order valence-electron chi connectivity index (χ4n) is 3.90. The standard InChI is InChI=1S/C17H28N2/c1-17(2,3)13-10-8-12(9-11-13)16-18-14-6-4-5-7-15(14)19-16/h12-13H,4-11H2,1-3H3,(H,18,19). The molecule has 1 saturated carbocycles. The van der Waals surface area contributed by atoms with Gasteiger partial charge in [-0.15, -0.1) is 0 Å². The number of aryl methyl sites for hydroxylation is 2. The maximum Gasteiger partial charge on any atom is 0.109 e. The van der Waals surface area contributed by atoms with Crippen LogP contribution in [0.4, 0.5) is 0 Å². The maximum atomic E-state index is 4.91. The van der Waals surface area contributed by atoms with Crippen LogP contribution in [0.5, 0.6) is 0 Å². The fourth-order valence-corrected chi connectivity index (χ4v) is 3.90. The molecule has 1 aromatic heterocycles. The van der Waals surface area contributed by atoms with Crippen LogP contribution in [-0.2, 0) is 12.8 Å². The molecule has 1 N–H and O–H groups in total. The lowest BCUT2D eigenvalue weighted by Gasteiger charge is -2.36. The average molecular weight is 260 g/mol. The normalized spacial score (nSPS) is 28.2. The molecule has 0 saturated heterocycles. The van der Waals surface area contributed by atoms with E-state index in [0.29, 0.717) is 11.3 Å². The average Bonchev–Trinajstić information content (AvgIpc) is 2.81. The van der Waals surface area contributed by atoms with E-state index in [1.54, 1.807) is 0 Å². The van der Waals surface area contributed by atoms with Gasteiger partial charge in [-0.05, 0) is 62.7 Å². The van der Waals surface area contributed by atoms with E-state index >= 15 is 0 Å². The van der Waals surface area contributed by atoms with Gasteiger partial charge in [0.1, 0.15) is 5.82 Å². The quantitative estimate of drug-likeness (QED) is 0.785. The first-order valence-electron chi connectivity index (χ1n) is 8.11. The summed E-state index contributed by atoms with van der Waals surface area (Å²) in [5, 5.41) is 0. The summed E-state index contributed by atoms with van der Waals surface area (Å²) in [5.74, 6) is 2.90. The van der Waals surface area contributed by atoms with Crippen LogP contribution < -0.4 is 0 Å². The minimum Gasteiger partial charge on any atom is -0.345 e. The Bertz CT molecular complexity index is 407. The molecule has 3 rings (SSSR count). The fraction of sp³-hybridized carbons (Fsp3) is 0.824. The number of H-pyrrole nitrogens is 1. The predicted octanol–water partition coefficient (Wildman–Crippen LogP) is 4.61. The Morgan fingerprint density at radius 1 is 1.00 bits per heavy atom. The molecule has 2 nitrogen and oxygen atoms in total. The Labute approximate surface area is 117 Å². The molecule has 0 aliphatic heterocycles. The van der Waals surface area contributed by atoms with Crippen molar-refractivity contribution >= 4 is 0 Å². The Hall–Kier alpha value is -0.790. The first-order valence-corrected chi connectivity index (χ1v) is 8.11. The SMILES string of the molecule is CC(C)(C)C1CCC(c2nc3c([nH]2)CCCC3)CC1. The Balaban J connectivity index is 1.67. The van der Waals surface area contributed by atoms with Gasteiger partial charge in [0.05, 0.1) is 5.69 Å². The summed E-state index contributed by atoms with van der Waals surface area (Å²) in [4.78, 5) is 8.55. The Morgan fingerprint density at radius 2 is 1.68 bits per heavy atom. The highest BCUT2D eigenvalue weighted by Crippen LogP contribution is 2.42. The summed E-state index contributed by atoms with van der Waals surface area (Å²) in [7, 11) is 0. The molecule has 1 fully saturated rings.